The van der Waals surface area contributed by atoms with E-state index in [4.69, 9.17) is 9.47 Å². The summed E-state index contributed by atoms with van der Waals surface area (Å²) in [5.74, 6) is 0.490. The average molecular weight is 320 g/mol. The van der Waals surface area contributed by atoms with Crippen LogP contribution in [-0.4, -0.2) is 23.1 Å². The molecule has 4 fully saturated rings. The molecule has 0 aromatic carbocycles. The molecule has 0 N–H and O–H groups in total. The summed E-state index contributed by atoms with van der Waals surface area (Å²) >= 11 is 0. The molecule has 0 aromatic rings. The number of carbonyl (C=O) groups is 2. The van der Waals surface area contributed by atoms with Crippen molar-refractivity contribution in [2.75, 3.05) is 0 Å². The molecule has 4 saturated carbocycles. The number of rotatable bonds is 3. The summed E-state index contributed by atoms with van der Waals surface area (Å²) in [6.45, 7) is 11.1. The lowest BCUT2D eigenvalue weighted by Crippen LogP contribution is -2.60. The van der Waals surface area contributed by atoms with E-state index in [2.05, 4.69) is 6.58 Å². The maximum Gasteiger partial charge on any atom is 0.333 e. The standard InChI is InChI=1S/C19H28O4/c1-12(2)15(20)22-19-9-13-6-14(10-19)8-18(7-13,11-19)16(21)23-17(3,4)5/h13-14H,1,6-11H2,2-5H3. The molecule has 4 aliphatic carbocycles. The van der Waals surface area contributed by atoms with Gasteiger partial charge in [-0.2, -0.15) is 0 Å². The smallest absolute Gasteiger partial charge is 0.333 e. The Morgan fingerprint density at radius 3 is 2.13 bits per heavy atom. The van der Waals surface area contributed by atoms with Crippen LogP contribution in [0.15, 0.2) is 12.2 Å². The Bertz CT molecular complexity index is 540. The Morgan fingerprint density at radius 1 is 1.09 bits per heavy atom. The van der Waals surface area contributed by atoms with Crippen LogP contribution in [0.5, 0.6) is 0 Å². The van der Waals surface area contributed by atoms with Crippen molar-refractivity contribution in [3.63, 3.8) is 0 Å². The second-order valence-electron chi connectivity index (χ2n) is 9.10. The van der Waals surface area contributed by atoms with E-state index in [9.17, 15) is 9.59 Å². The topological polar surface area (TPSA) is 52.6 Å². The molecule has 4 heteroatoms. The first kappa shape index (κ1) is 16.5. The Labute approximate surface area is 138 Å². The molecule has 0 amide bonds. The van der Waals surface area contributed by atoms with Gasteiger partial charge in [0.2, 0.25) is 0 Å². The average Bonchev–Trinajstić information content (AvgIpc) is 2.34. The molecule has 2 atom stereocenters. The van der Waals surface area contributed by atoms with Crippen LogP contribution in [0, 0.1) is 17.3 Å². The van der Waals surface area contributed by atoms with Crippen LogP contribution in [0.1, 0.15) is 66.2 Å². The molecule has 4 nitrogen and oxygen atoms in total. The maximum atomic E-state index is 12.9. The lowest BCUT2D eigenvalue weighted by Gasteiger charge is -2.60. The van der Waals surface area contributed by atoms with E-state index in [1.165, 1.54) is 0 Å². The molecule has 0 heterocycles. The Morgan fingerprint density at radius 2 is 1.65 bits per heavy atom. The van der Waals surface area contributed by atoms with Gasteiger partial charge in [-0.15, -0.1) is 0 Å². The second kappa shape index (κ2) is 5.09. The van der Waals surface area contributed by atoms with Crippen molar-refractivity contribution in [3.05, 3.63) is 12.2 Å². The minimum Gasteiger partial charge on any atom is -0.460 e. The summed E-state index contributed by atoms with van der Waals surface area (Å²) < 4.78 is 11.6. The predicted octanol–water partition coefficient (Wildman–Crippen LogP) is 3.79. The highest BCUT2D eigenvalue weighted by Gasteiger charge is 2.63. The largest absolute Gasteiger partial charge is 0.460 e. The van der Waals surface area contributed by atoms with E-state index in [1.54, 1.807) is 6.92 Å². The molecule has 128 valence electrons. The van der Waals surface area contributed by atoms with Gasteiger partial charge in [-0.3, -0.25) is 4.79 Å². The van der Waals surface area contributed by atoms with Gasteiger partial charge in [0.05, 0.1) is 5.41 Å². The highest BCUT2D eigenvalue weighted by Crippen LogP contribution is 2.63. The minimum absolute atomic E-state index is 0.102. The molecule has 23 heavy (non-hydrogen) atoms. The summed E-state index contributed by atoms with van der Waals surface area (Å²) in [6.07, 6.45) is 5.29. The van der Waals surface area contributed by atoms with Gasteiger partial charge < -0.3 is 9.47 Å². The first-order valence-corrected chi connectivity index (χ1v) is 8.65. The molecule has 4 rings (SSSR count). The second-order valence-corrected chi connectivity index (χ2v) is 9.10. The third-order valence-corrected chi connectivity index (χ3v) is 5.50. The van der Waals surface area contributed by atoms with Crippen molar-refractivity contribution in [2.24, 2.45) is 17.3 Å². The summed E-state index contributed by atoms with van der Waals surface area (Å²) in [5, 5.41) is 0. The Balaban J connectivity index is 1.85. The van der Waals surface area contributed by atoms with Gasteiger partial charge in [-0.1, -0.05) is 6.58 Å². The van der Waals surface area contributed by atoms with E-state index in [0.717, 1.165) is 32.1 Å². The van der Waals surface area contributed by atoms with Gasteiger partial charge in [-0.05, 0) is 71.6 Å². The van der Waals surface area contributed by atoms with Crippen molar-refractivity contribution in [1.29, 1.82) is 0 Å². The summed E-state index contributed by atoms with van der Waals surface area (Å²) in [6, 6.07) is 0. The molecule has 4 aliphatic rings. The molecule has 0 aliphatic heterocycles. The zero-order valence-corrected chi connectivity index (χ0v) is 14.7. The van der Waals surface area contributed by atoms with Gasteiger partial charge in [-0.25, -0.2) is 4.79 Å². The lowest BCUT2D eigenvalue weighted by atomic mass is 9.48. The molecule has 0 aromatic heterocycles. The fourth-order valence-corrected chi connectivity index (χ4v) is 5.21. The van der Waals surface area contributed by atoms with Crippen molar-refractivity contribution < 1.29 is 19.1 Å². The molecule has 4 bridgehead atoms. The van der Waals surface area contributed by atoms with Gasteiger partial charge in [0.15, 0.2) is 0 Å². The summed E-state index contributed by atoms with van der Waals surface area (Å²) in [5.41, 5.74) is -1.02. The third kappa shape index (κ3) is 3.05. The fourth-order valence-electron chi connectivity index (χ4n) is 5.21. The number of hydrogen-bond acceptors (Lipinski definition) is 4. The SMILES string of the molecule is C=C(C)C(=O)OC12CC3CC(C1)CC(C(=O)OC(C)(C)C)(C3)C2. The number of hydrogen-bond donors (Lipinski definition) is 0. The number of ether oxygens (including phenoxy) is 2. The van der Waals surface area contributed by atoms with Crippen LogP contribution < -0.4 is 0 Å². The van der Waals surface area contributed by atoms with Crippen molar-refractivity contribution in [2.45, 2.75) is 77.4 Å². The lowest BCUT2D eigenvalue weighted by molar-refractivity contribution is -0.215. The summed E-state index contributed by atoms with van der Waals surface area (Å²) in [4.78, 5) is 25.0. The highest BCUT2D eigenvalue weighted by atomic mass is 16.6. The van der Waals surface area contributed by atoms with Crippen LogP contribution in [0.25, 0.3) is 0 Å². The molecular weight excluding hydrogens is 292 g/mol. The zero-order valence-electron chi connectivity index (χ0n) is 14.7. The molecule has 0 saturated heterocycles. The number of esters is 2. The Kier molecular flexibility index (Phi) is 3.66. The van der Waals surface area contributed by atoms with Crippen LogP contribution in [0.4, 0.5) is 0 Å². The van der Waals surface area contributed by atoms with Crippen LogP contribution >= 0.6 is 0 Å². The van der Waals surface area contributed by atoms with Crippen molar-refractivity contribution in [1.82, 2.24) is 0 Å². The monoisotopic (exact) mass is 320 g/mol. The van der Waals surface area contributed by atoms with Crippen molar-refractivity contribution in [3.8, 4) is 0 Å². The van der Waals surface area contributed by atoms with Gasteiger partial charge in [0.25, 0.3) is 0 Å². The quantitative estimate of drug-likeness (QED) is 0.586. The maximum absolute atomic E-state index is 12.9. The molecule has 0 radical (unpaired) electrons. The Hall–Kier alpha value is -1.32. The van der Waals surface area contributed by atoms with E-state index in [0.29, 0.717) is 23.8 Å². The third-order valence-electron chi connectivity index (χ3n) is 5.50. The molecular formula is C19H28O4. The minimum atomic E-state index is -0.489. The van der Waals surface area contributed by atoms with Crippen LogP contribution in [0.2, 0.25) is 0 Å². The normalized spacial score (nSPS) is 38.3. The van der Waals surface area contributed by atoms with Gasteiger partial charge in [0.1, 0.15) is 11.2 Å². The first-order chi connectivity index (χ1) is 10.5. The molecule has 0 spiro atoms. The highest BCUT2D eigenvalue weighted by molar-refractivity contribution is 5.87. The fraction of sp³-hybridized carbons (Fsp3) is 0.789. The predicted molar refractivity (Wildman–Crippen MR) is 86.6 cm³/mol. The van der Waals surface area contributed by atoms with E-state index in [1.807, 2.05) is 20.8 Å². The van der Waals surface area contributed by atoms with E-state index < -0.39 is 16.6 Å². The first-order valence-electron chi connectivity index (χ1n) is 8.65. The number of carbonyl (C=O) groups excluding carboxylic acids is 2. The summed E-state index contributed by atoms with van der Waals surface area (Å²) in [7, 11) is 0. The van der Waals surface area contributed by atoms with Gasteiger partial charge in [0, 0.05) is 12.0 Å². The van der Waals surface area contributed by atoms with Crippen LogP contribution in [0.3, 0.4) is 0 Å². The van der Waals surface area contributed by atoms with E-state index in [-0.39, 0.29) is 11.9 Å². The van der Waals surface area contributed by atoms with E-state index >= 15 is 0 Å². The van der Waals surface area contributed by atoms with Crippen LogP contribution in [-0.2, 0) is 19.1 Å². The van der Waals surface area contributed by atoms with Crippen molar-refractivity contribution >= 4 is 11.9 Å². The van der Waals surface area contributed by atoms with Gasteiger partial charge >= 0.3 is 11.9 Å². The zero-order chi connectivity index (χ0) is 17.0. The molecule has 2 unspecified atom stereocenters.